The summed E-state index contributed by atoms with van der Waals surface area (Å²) in [4.78, 5) is 11.1. The Balaban J connectivity index is 1.56. The van der Waals surface area contributed by atoms with Crippen LogP contribution in [0.3, 0.4) is 0 Å². The van der Waals surface area contributed by atoms with Gasteiger partial charge in [0.25, 0.3) is 0 Å². The number of pyridine rings is 2. The number of halogens is 1. The Labute approximate surface area is 263 Å². The van der Waals surface area contributed by atoms with Crippen molar-refractivity contribution in [1.82, 2.24) is 20.2 Å². The Hall–Kier alpha value is -3.58. The lowest BCUT2D eigenvalue weighted by Gasteiger charge is -2.27. The number of hydrogen-bond donors (Lipinski definition) is 1. The molecule has 1 aliphatic carbocycles. The maximum Gasteiger partial charge on any atom is 0.249 e. The minimum Gasteiger partial charge on any atom is -0.419 e. The molecule has 0 aliphatic heterocycles. The zero-order chi connectivity index (χ0) is 31.5. The van der Waals surface area contributed by atoms with Crippen LogP contribution in [0.25, 0.3) is 11.5 Å². The summed E-state index contributed by atoms with van der Waals surface area (Å²) >= 11 is 6.94. The molecule has 234 valence electrons. The minimum absolute atomic E-state index is 0.0425. The number of nitrogens with two attached hydrogens (primary N) is 1. The van der Waals surface area contributed by atoms with Gasteiger partial charge in [0.2, 0.25) is 21.8 Å². The zero-order valence-corrected chi connectivity index (χ0v) is 26.9. The predicted octanol–water partition coefficient (Wildman–Crippen LogP) is 4.67. The highest BCUT2D eigenvalue weighted by Crippen LogP contribution is 2.42. The van der Waals surface area contributed by atoms with Crippen LogP contribution in [0.5, 0.6) is 0 Å². The van der Waals surface area contributed by atoms with E-state index in [2.05, 4.69) is 27.0 Å². The molecule has 0 radical (unpaired) electrons. The normalized spacial score (nSPS) is 17.7. The predicted molar refractivity (Wildman–Crippen MR) is 171 cm³/mol. The van der Waals surface area contributed by atoms with Crippen molar-refractivity contribution in [2.45, 2.75) is 38.0 Å². The highest BCUT2D eigenvalue weighted by molar-refractivity contribution is 7.92. The van der Waals surface area contributed by atoms with Crippen molar-refractivity contribution < 1.29 is 17.6 Å². The van der Waals surface area contributed by atoms with Crippen LogP contribution in [-0.2, 0) is 32.5 Å². The minimum atomic E-state index is -3.93. The molecule has 0 amide bonds. The third-order valence-corrected chi connectivity index (χ3v) is 9.92. The molecule has 3 aromatic heterocycles. The van der Waals surface area contributed by atoms with Crippen molar-refractivity contribution in [1.29, 1.82) is 0 Å². The molecule has 1 fully saturated rings. The van der Waals surface area contributed by atoms with Crippen LogP contribution in [0.15, 0.2) is 65.2 Å². The van der Waals surface area contributed by atoms with E-state index in [-0.39, 0.29) is 28.4 Å². The molecule has 4 aromatic rings. The lowest BCUT2D eigenvalue weighted by molar-refractivity contribution is 0.204. The number of hydrogen-bond acceptors (Lipinski definition) is 10. The number of anilines is 2. The van der Waals surface area contributed by atoms with Gasteiger partial charge >= 0.3 is 0 Å². The van der Waals surface area contributed by atoms with Crippen LogP contribution < -0.4 is 14.9 Å². The number of aromatic nitrogens is 4. The first-order chi connectivity index (χ1) is 21.0. The van der Waals surface area contributed by atoms with Gasteiger partial charge in [0.15, 0.2) is 5.82 Å². The van der Waals surface area contributed by atoms with E-state index in [0.717, 1.165) is 22.8 Å². The molecule has 11 nitrogen and oxygen atoms in total. The van der Waals surface area contributed by atoms with Gasteiger partial charge in [0, 0.05) is 33.4 Å². The van der Waals surface area contributed by atoms with Crippen LogP contribution in [-0.4, -0.2) is 62.4 Å². The average molecular weight is 640 g/mol. The topological polar surface area (TPSA) is 141 Å². The molecule has 5 rings (SSSR count). The summed E-state index contributed by atoms with van der Waals surface area (Å²) in [5.41, 5.74) is 7.47. The Morgan fingerprint density at radius 1 is 1.16 bits per heavy atom. The Morgan fingerprint density at radius 3 is 2.55 bits per heavy atom. The van der Waals surface area contributed by atoms with Crippen LogP contribution in [0.1, 0.15) is 37.4 Å². The fourth-order valence-electron chi connectivity index (χ4n) is 5.02. The second kappa shape index (κ2) is 13.2. The van der Waals surface area contributed by atoms with Crippen LogP contribution >= 0.6 is 11.6 Å². The summed E-state index contributed by atoms with van der Waals surface area (Å²) in [6.45, 7) is 5.77. The van der Waals surface area contributed by atoms with Crippen LogP contribution in [0.4, 0.5) is 11.6 Å². The quantitative estimate of drug-likeness (QED) is 0.207. The van der Waals surface area contributed by atoms with E-state index in [1.165, 1.54) is 7.05 Å². The second-order valence-corrected chi connectivity index (χ2v) is 14.0. The maximum atomic E-state index is 13.6. The first kappa shape index (κ1) is 31.8. The molecule has 3 heterocycles. The van der Waals surface area contributed by atoms with Crippen molar-refractivity contribution in [2.75, 3.05) is 43.1 Å². The number of sulfonamides is 1. The monoisotopic (exact) mass is 639 g/mol. The molecule has 13 heteroatoms. The van der Waals surface area contributed by atoms with Gasteiger partial charge in [0.05, 0.1) is 28.4 Å². The molecule has 0 spiro atoms. The van der Waals surface area contributed by atoms with E-state index in [9.17, 15) is 8.42 Å². The number of benzene rings is 1. The van der Waals surface area contributed by atoms with Crippen molar-refractivity contribution in [2.24, 2.45) is 17.6 Å². The van der Waals surface area contributed by atoms with Crippen molar-refractivity contribution in [3.8, 4) is 11.5 Å². The van der Waals surface area contributed by atoms with E-state index >= 15 is 0 Å². The number of rotatable bonds is 14. The fraction of sp³-hybridized carbons (Fsp3) is 0.419. The van der Waals surface area contributed by atoms with Gasteiger partial charge < -0.3 is 19.8 Å². The standard InChI is InChI=1S/C31H38ClN7O4S/c1-21-16-23(21)19-39(14-15-42-4)26-17-25(29-36-37-30(43-29)31(2,33)18-22-10-6-5-7-11-22)27(32)28(35-26)38(3)44(40,41)20-24-12-8-9-13-34-24/h5-13,17,21,23H,14-16,18-20,33H2,1-4H3/t21-,23+,31-/m1/s1. The van der Waals surface area contributed by atoms with Gasteiger partial charge in [-0.25, -0.2) is 13.4 Å². The van der Waals surface area contributed by atoms with Crippen LogP contribution in [0.2, 0.25) is 5.02 Å². The molecule has 1 aromatic carbocycles. The SMILES string of the molecule is COCCN(C[C@@H]1C[C@H]1C)c1cc(-c2nnc([C@](C)(N)Cc3ccccc3)o2)c(Cl)c(N(C)S(=O)(=O)Cc2ccccn2)n1. The smallest absolute Gasteiger partial charge is 0.249 e. The molecule has 44 heavy (non-hydrogen) atoms. The first-order valence-corrected chi connectivity index (χ1v) is 16.5. The van der Waals surface area contributed by atoms with E-state index in [4.69, 9.17) is 31.5 Å². The van der Waals surface area contributed by atoms with E-state index < -0.39 is 15.6 Å². The highest BCUT2D eigenvalue weighted by atomic mass is 35.5. The molecule has 0 unspecified atom stereocenters. The van der Waals surface area contributed by atoms with E-state index in [0.29, 0.717) is 48.5 Å². The van der Waals surface area contributed by atoms with Gasteiger partial charge in [0.1, 0.15) is 11.6 Å². The number of nitrogens with zero attached hydrogens (tertiary/aromatic N) is 6. The van der Waals surface area contributed by atoms with Crippen molar-refractivity contribution >= 4 is 33.3 Å². The second-order valence-electron chi connectivity index (χ2n) is 11.6. The Kier molecular flexibility index (Phi) is 9.54. The zero-order valence-electron chi connectivity index (χ0n) is 25.4. The fourth-order valence-corrected chi connectivity index (χ4v) is 6.51. The molecular formula is C31H38ClN7O4S. The summed E-state index contributed by atoms with van der Waals surface area (Å²) in [5, 5.41) is 8.64. The molecule has 0 bridgehead atoms. The Morgan fingerprint density at radius 2 is 1.89 bits per heavy atom. The summed E-state index contributed by atoms with van der Waals surface area (Å²) in [6, 6.07) is 16.7. The Bertz CT molecular complexity index is 1670. The summed E-state index contributed by atoms with van der Waals surface area (Å²) in [5.74, 6) is 1.67. The first-order valence-electron chi connectivity index (χ1n) is 14.5. The lowest BCUT2D eigenvalue weighted by atomic mass is 9.94. The third kappa shape index (κ3) is 7.37. The van der Waals surface area contributed by atoms with Gasteiger partial charge in [-0.1, -0.05) is 54.9 Å². The van der Waals surface area contributed by atoms with Crippen molar-refractivity contribution in [3.63, 3.8) is 0 Å². The molecule has 0 saturated heterocycles. The lowest BCUT2D eigenvalue weighted by Crippen LogP contribution is -2.35. The third-order valence-electron chi connectivity index (χ3n) is 7.88. The van der Waals surface area contributed by atoms with Gasteiger partial charge in [-0.15, -0.1) is 10.2 Å². The average Bonchev–Trinajstić information content (AvgIpc) is 3.46. The van der Waals surface area contributed by atoms with Crippen LogP contribution in [0, 0.1) is 11.8 Å². The summed E-state index contributed by atoms with van der Waals surface area (Å²) < 4.78 is 39.8. The molecule has 1 saturated carbocycles. The summed E-state index contributed by atoms with van der Waals surface area (Å²) in [6.07, 6.45) is 3.13. The number of methoxy groups -OCH3 is 1. The molecule has 3 atom stereocenters. The van der Waals surface area contributed by atoms with Gasteiger partial charge in [-0.2, -0.15) is 0 Å². The number of ether oxygens (including phenoxy) is 1. The van der Waals surface area contributed by atoms with E-state index in [1.807, 2.05) is 37.3 Å². The highest BCUT2D eigenvalue weighted by Gasteiger charge is 2.36. The van der Waals surface area contributed by atoms with Crippen molar-refractivity contribution in [3.05, 3.63) is 83.0 Å². The summed E-state index contributed by atoms with van der Waals surface area (Å²) in [7, 11) is -0.856. The van der Waals surface area contributed by atoms with Gasteiger partial charge in [-0.05, 0) is 55.4 Å². The maximum absolute atomic E-state index is 13.6. The molecular weight excluding hydrogens is 602 g/mol. The van der Waals surface area contributed by atoms with E-state index in [1.54, 1.807) is 37.6 Å². The molecule has 2 N–H and O–H groups in total. The molecule has 1 aliphatic rings. The van der Waals surface area contributed by atoms with Gasteiger partial charge in [-0.3, -0.25) is 9.29 Å². The largest absolute Gasteiger partial charge is 0.419 e.